The van der Waals surface area contributed by atoms with E-state index in [0.29, 0.717) is 5.56 Å². The lowest BCUT2D eigenvalue weighted by Gasteiger charge is -2.44. The molecule has 2 amide bonds. The fourth-order valence-corrected chi connectivity index (χ4v) is 4.09. The second-order valence-corrected chi connectivity index (χ2v) is 8.00. The van der Waals surface area contributed by atoms with E-state index in [0.717, 1.165) is 29.5 Å². The van der Waals surface area contributed by atoms with E-state index >= 15 is 0 Å². The topological polar surface area (TPSA) is 69.6 Å². The molecule has 2 aromatic carbocycles. The van der Waals surface area contributed by atoms with E-state index in [-0.39, 0.29) is 36.5 Å². The molecule has 1 fully saturated rings. The number of nitrogens with one attached hydrogen (secondary N) is 1. The number of aliphatic hydroxyl groups excluding tert-OH is 1. The standard InChI is InChI=1S/C23H26N2O3/c1-14(2)25-21(16-9-7-15(13-26)8-10-16)20(22(27)24-17-11-12-17)18-5-3-4-6-19(18)23(25)28/h3-10,14,17,20-21,26H,11-13H2,1-2H3,(H,24,27)/t20-,21+/m1/s1. The zero-order valence-corrected chi connectivity index (χ0v) is 16.3. The minimum absolute atomic E-state index is 0.0238. The Hall–Kier alpha value is -2.66. The maximum atomic E-state index is 13.3. The van der Waals surface area contributed by atoms with Crippen LogP contribution in [0, 0.1) is 0 Å². The van der Waals surface area contributed by atoms with Crippen molar-refractivity contribution in [3.05, 3.63) is 70.8 Å². The van der Waals surface area contributed by atoms with Crippen LogP contribution in [0.25, 0.3) is 0 Å². The third-order valence-electron chi connectivity index (χ3n) is 5.64. The summed E-state index contributed by atoms with van der Waals surface area (Å²) < 4.78 is 0. The van der Waals surface area contributed by atoms with Crippen LogP contribution in [0.15, 0.2) is 48.5 Å². The Labute approximate surface area is 165 Å². The van der Waals surface area contributed by atoms with Crippen molar-refractivity contribution in [2.75, 3.05) is 0 Å². The summed E-state index contributed by atoms with van der Waals surface area (Å²) in [6, 6.07) is 14.8. The molecule has 1 saturated carbocycles. The molecule has 2 N–H and O–H groups in total. The van der Waals surface area contributed by atoms with Gasteiger partial charge in [-0.25, -0.2) is 0 Å². The number of benzene rings is 2. The molecule has 1 heterocycles. The Morgan fingerprint density at radius 1 is 1.14 bits per heavy atom. The first-order chi connectivity index (χ1) is 13.5. The van der Waals surface area contributed by atoms with Gasteiger partial charge in [-0.15, -0.1) is 0 Å². The molecule has 0 saturated heterocycles. The van der Waals surface area contributed by atoms with Gasteiger partial charge in [0.15, 0.2) is 0 Å². The Morgan fingerprint density at radius 2 is 1.82 bits per heavy atom. The van der Waals surface area contributed by atoms with Crippen molar-refractivity contribution in [3.8, 4) is 0 Å². The molecular formula is C23H26N2O3. The van der Waals surface area contributed by atoms with Crippen molar-refractivity contribution in [1.82, 2.24) is 10.2 Å². The van der Waals surface area contributed by atoms with Gasteiger partial charge in [0.25, 0.3) is 5.91 Å². The third-order valence-corrected chi connectivity index (χ3v) is 5.64. The average Bonchev–Trinajstić information content (AvgIpc) is 3.51. The minimum atomic E-state index is -0.461. The first-order valence-corrected chi connectivity index (χ1v) is 9.93. The first kappa shape index (κ1) is 18.7. The van der Waals surface area contributed by atoms with Crippen LogP contribution in [0.5, 0.6) is 0 Å². The van der Waals surface area contributed by atoms with Gasteiger partial charge in [-0.1, -0.05) is 42.5 Å². The Balaban J connectivity index is 1.85. The second kappa shape index (κ2) is 7.40. The lowest BCUT2D eigenvalue weighted by molar-refractivity contribution is -0.124. The highest BCUT2D eigenvalue weighted by atomic mass is 16.3. The number of hydrogen-bond donors (Lipinski definition) is 2. The molecule has 0 unspecified atom stereocenters. The summed E-state index contributed by atoms with van der Waals surface area (Å²) >= 11 is 0. The molecule has 2 atom stereocenters. The molecule has 5 nitrogen and oxygen atoms in total. The van der Waals surface area contributed by atoms with Crippen molar-refractivity contribution in [3.63, 3.8) is 0 Å². The number of carbonyl (C=O) groups excluding carboxylic acids is 2. The van der Waals surface area contributed by atoms with Crippen molar-refractivity contribution in [2.45, 2.75) is 57.3 Å². The molecule has 2 aliphatic rings. The molecule has 146 valence electrons. The molecule has 0 aromatic heterocycles. The summed E-state index contributed by atoms with van der Waals surface area (Å²) in [6.07, 6.45) is 2.03. The summed E-state index contributed by atoms with van der Waals surface area (Å²) in [5, 5.41) is 12.5. The molecule has 28 heavy (non-hydrogen) atoms. The van der Waals surface area contributed by atoms with Crippen LogP contribution in [0.1, 0.15) is 65.7 Å². The fraction of sp³-hybridized carbons (Fsp3) is 0.391. The van der Waals surface area contributed by atoms with Crippen LogP contribution < -0.4 is 5.32 Å². The molecule has 1 aliphatic heterocycles. The van der Waals surface area contributed by atoms with Crippen LogP contribution >= 0.6 is 0 Å². The Kier molecular flexibility index (Phi) is 4.94. The molecule has 0 spiro atoms. The second-order valence-electron chi connectivity index (χ2n) is 8.00. The van der Waals surface area contributed by atoms with Gasteiger partial charge in [0, 0.05) is 17.6 Å². The SMILES string of the molecule is CC(C)N1C(=O)c2ccccc2[C@@H](C(=O)NC2CC2)[C@@H]1c1ccc(CO)cc1. The summed E-state index contributed by atoms with van der Waals surface area (Å²) in [7, 11) is 0. The van der Waals surface area contributed by atoms with Crippen LogP contribution in [-0.2, 0) is 11.4 Å². The summed E-state index contributed by atoms with van der Waals surface area (Å²) in [6.45, 7) is 3.93. The van der Waals surface area contributed by atoms with Gasteiger partial charge in [0.05, 0.1) is 18.6 Å². The minimum Gasteiger partial charge on any atom is -0.392 e. The van der Waals surface area contributed by atoms with E-state index in [1.807, 2.05) is 67.3 Å². The lowest BCUT2D eigenvalue weighted by Crippen LogP contribution is -2.50. The summed E-state index contributed by atoms with van der Waals surface area (Å²) in [4.78, 5) is 28.5. The number of amides is 2. The lowest BCUT2D eigenvalue weighted by atomic mass is 9.78. The highest BCUT2D eigenvalue weighted by molar-refractivity contribution is 6.01. The highest BCUT2D eigenvalue weighted by Crippen LogP contribution is 2.44. The smallest absolute Gasteiger partial charge is 0.254 e. The van der Waals surface area contributed by atoms with Gasteiger partial charge >= 0.3 is 0 Å². The number of hydrogen-bond acceptors (Lipinski definition) is 3. The number of nitrogens with zero attached hydrogens (tertiary/aromatic N) is 1. The monoisotopic (exact) mass is 378 g/mol. The van der Waals surface area contributed by atoms with Gasteiger partial charge in [-0.3, -0.25) is 9.59 Å². The predicted octanol–water partition coefficient (Wildman–Crippen LogP) is 3.15. The largest absolute Gasteiger partial charge is 0.392 e. The maximum absolute atomic E-state index is 13.3. The summed E-state index contributed by atoms with van der Waals surface area (Å²) in [5.74, 6) is -0.529. The Morgan fingerprint density at radius 3 is 2.43 bits per heavy atom. The van der Waals surface area contributed by atoms with Crippen molar-refractivity contribution < 1.29 is 14.7 Å². The van der Waals surface area contributed by atoms with Gasteiger partial charge in [0.2, 0.25) is 5.91 Å². The van der Waals surface area contributed by atoms with E-state index in [4.69, 9.17) is 0 Å². The molecule has 4 rings (SSSR count). The zero-order chi connectivity index (χ0) is 19.8. The third kappa shape index (κ3) is 3.31. The van der Waals surface area contributed by atoms with E-state index in [1.54, 1.807) is 0 Å². The van der Waals surface area contributed by atoms with Crippen LogP contribution in [0.4, 0.5) is 0 Å². The normalized spacial score (nSPS) is 21.6. The fourth-order valence-electron chi connectivity index (χ4n) is 4.09. The van der Waals surface area contributed by atoms with Gasteiger partial charge in [-0.2, -0.15) is 0 Å². The van der Waals surface area contributed by atoms with Gasteiger partial charge in [0.1, 0.15) is 0 Å². The van der Waals surface area contributed by atoms with Gasteiger partial charge in [-0.05, 0) is 49.4 Å². The van der Waals surface area contributed by atoms with E-state index in [9.17, 15) is 14.7 Å². The average molecular weight is 378 g/mol. The first-order valence-electron chi connectivity index (χ1n) is 9.93. The zero-order valence-electron chi connectivity index (χ0n) is 16.3. The van der Waals surface area contributed by atoms with Crippen LogP contribution in [0.3, 0.4) is 0 Å². The van der Waals surface area contributed by atoms with Crippen molar-refractivity contribution in [1.29, 1.82) is 0 Å². The molecule has 5 heteroatoms. The molecule has 2 aromatic rings. The van der Waals surface area contributed by atoms with Gasteiger partial charge < -0.3 is 15.3 Å². The quantitative estimate of drug-likeness (QED) is 0.840. The van der Waals surface area contributed by atoms with E-state index in [2.05, 4.69) is 5.32 Å². The number of carbonyl (C=O) groups is 2. The van der Waals surface area contributed by atoms with Crippen LogP contribution in [0.2, 0.25) is 0 Å². The molecule has 0 bridgehead atoms. The number of rotatable bonds is 5. The van der Waals surface area contributed by atoms with E-state index < -0.39 is 5.92 Å². The van der Waals surface area contributed by atoms with Crippen molar-refractivity contribution >= 4 is 11.8 Å². The number of aliphatic hydroxyl groups is 1. The molecular weight excluding hydrogens is 352 g/mol. The highest BCUT2D eigenvalue weighted by Gasteiger charge is 2.45. The number of fused-ring (bicyclic) bond motifs is 1. The predicted molar refractivity (Wildman–Crippen MR) is 107 cm³/mol. The van der Waals surface area contributed by atoms with Crippen molar-refractivity contribution in [2.24, 2.45) is 0 Å². The molecule has 1 aliphatic carbocycles. The summed E-state index contributed by atoms with van der Waals surface area (Å²) in [5.41, 5.74) is 3.11. The van der Waals surface area contributed by atoms with E-state index in [1.165, 1.54) is 0 Å². The van der Waals surface area contributed by atoms with Crippen LogP contribution in [-0.4, -0.2) is 33.9 Å². The Bertz CT molecular complexity index is 887. The molecule has 0 radical (unpaired) electrons. The maximum Gasteiger partial charge on any atom is 0.254 e.